The molecule has 13 nitrogen and oxygen atoms in total. The summed E-state index contributed by atoms with van der Waals surface area (Å²) in [5.41, 5.74) is 10.7. The number of carbonyl (C=O) groups excluding carboxylic acids is 4. The highest BCUT2D eigenvalue weighted by Gasteiger charge is 2.32. The van der Waals surface area contributed by atoms with Crippen LogP contribution < -0.4 is 27.4 Å². The lowest BCUT2D eigenvalue weighted by molar-refractivity contribution is -0.144. The summed E-state index contributed by atoms with van der Waals surface area (Å²) in [7, 11) is 0. The lowest BCUT2D eigenvalue weighted by atomic mass is 9.98. The Balaban J connectivity index is 5.59. The van der Waals surface area contributed by atoms with Gasteiger partial charge in [-0.15, -0.1) is 0 Å². The van der Waals surface area contributed by atoms with Gasteiger partial charge in [-0.2, -0.15) is 11.8 Å². The van der Waals surface area contributed by atoms with Gasteiger partial charge in [0.05, 0.1) is 12.5 Å². The average Bonchev–Trinajstić information content (AvgIpc) is 2.75. The minimum Gasteiger partial charge on any atom is -0.481 e. The molecule has 0 fully saturated rings. The SMILES string of the molecule is CCC(C)C(NC(=O)C(CCC(N)=O)NC(=O)C(CCSC)NC(=O)C(N)CC(=O)O)C(=O)O. The summed E-state index contributed by atoms with van der Waals surface area (Å²) in [6.07, 6.45) is 1.30. The zero-order valence-electron chi connectivity index (χ0n) is 19.5. The second kappa shape index (κ2) is 15.9. The van der Waals surface area contributed by atoms with E-state index in [1.54, 1.807) is 20.1 Å². The number of primary amides is 1. The van der Waals surface area contributed by atoms with Crippen LogP contribution in [0.3, 0.4) is 0 Å². The Bertz CT molecular complexity index is 750. The summed E-state index contributed by atoms with van der Waals surface area (Å²) in [5.74, 6) is -5.67. The molecule has 0 aliphatic heterocycles. The Morgan fingerprint density at radius 1 is 0.912 bits per heavy atom. The summed E-state index contributed by atoms with van der Waals surface area (Å²) in [6.45, 7) is 3.40. The molecule has 5 unspecified atom stereocenters. The van der Waals surface area contributed by atoms with Crippen LogP contribution in [0, 0.1) is 5.92 Å². The quantitative estimate of drug-likeness (QED) is 0.119. The Morgan fingerprint density at radius 2 is 1.44 bits per heavy atom. The summed E-state index contributed by atoms with van der Waals surface area (Å²) in [4.78, 5) is 71.5. The van der Waals surface area contributed by atoms with E-state index in [9.17, 15) is 33.9 Å². The molecule has 0 aliphatic carbocycles. The van der Waals surface area contributed by atoms with E-state index in [4.69, 9.17) is 16.6 Å². The number of amides is 4. The molecule has 0 rings (SSSR count). The maximum absolute atomic E-state index is 12.9. The first-order valence-corrected chi connectivity index (χ1v) is 12.1. The van der Waals surface area contributed by atoms with Crippen molar-refractivity contribution in [2.45, 2.75) is 70.1 Å². The Labute approximate surface area is 202 Å². The number of hydrogen-bond acceptors (Lipinski definition) is 8. The van der Waals surface area contributed by atoms with Crippen LogP contribution in [0.1, 0.15) is 46.0 Å². The number of carboxylic acids is 2. The van der Waals surface area contributed by atoms with Crippen LogP contribution in [-0.4, -0.2) is 82.0 Å². The summed E-state index contributed by atoms with van der Waals surface area (Å²) < 4.78 is 0. The normalized spacial score (nSPS) is 15.2. The fourth-order valence-electron chi connectivity index (χ4n) is 2.83. The Kier molecular flexibility index (Phi) is 14.5. The minimum atomic E-state index is -1.39. The van der Waals surface area contributed by atoms with Crippen LogP contribution in [0.15, 0.2) is 0 Å². The number of carbonyl (C=O) groups is 6. The van der Waals surface area contributed by atoms with Crippen molar-refractivity contribution >= 4 is 47.3 Å². The molecule has 0 aromatic carbocycles. The molecule has 4 amide bonds. The van der Waals surface area contributed by atoms with Crippen molar-refractivity contribution in [3.05, 3.63) is 0 Å². The molecule has 0 bridgehead atoms. The smallest absolute Gasteiger partial charge is 0.326 e. The van der Waals surface area contributed by atoms with Gasteiger partial charge in [-0.3, -0.25) is 24.0 Å². The predicted molar refractivity (Wildman–Crippen MR) is 125 cm³/mol. The fraction of sp³-hybridized carbons (Fsp3) is 0.700. The van der Waals surface area contributed by atoms with Gasteiger partial charge < -0.3 is 37.6 Å². The van der Waals surface area contributed by atoms with E-state index in [0.717, 1.165) is 0 Å². The molecule has 14 heteroatoms. The maximum atomic E-state index is 12.9. The molecule has 0 radical (unpaired) electrons. The van der Waals surface area contributed by atoms with Crippen molar-refractivity contribution in [2.24, 2.45) is 17.4 Å². The zero-order valence-corrected chi connectivity index (χ0v) is 20.4. The highest BCUT2D eigenvalue weighted by molar-refractivity contribution is 7.98. The number of nitrogens with one attached hydrogen (secondary N) is 3. The van der Waals surface area contributed by atoms with Gasteiger partial charge in [-0.05, 0) is 30.8 Å². The van der Waals surface area contributed by atoms with Crippen molar-refractivity contribution < 1.29 is 39.0 Å². The van der Waals surface area contributed by atoms with Gasteiger partial charge in [-0.25, -0.2) is 4.79 Å². The molecule has 9 N–H and O–H groups in total. The average molecular weight is 506 g/mol. The Morgan fingerprint density at radius 3 is 1.91 bits per heavy atom. The van der Waals surface area contributed by atoms with Crippen molar-refractivity contribution in [2.75, 3.05) is 12.0 Å². The Hall–Kier alpha value is -2.87. The van der Waals surface area contributed by atoms with Crippen molar-refractivity contribution in [3.8, 4) is 0 Å². The fourth-order valence-corrected chi connectivity index (χ4v) is 3.30. The third-order valence-corrected chi connectivity index (χ3v) is 5.71. The molecule has 0 saturated heterocycles. The largest absolute Gasteiger partial charge is 0.481 e. The second-order valence-electron chi connectivity index (χ2n) is 7.82. The van der Waals surface area contributed by atoms with Crippen LogP contribution in [0.4, 0.5) is 0 Å². The summed E-state index contributed by atoms with van der Waals surface area (Å²) in [6, 6.07) is -5.05. The first-order chi connectivity index (χ1) is 15.8. The van der Waals surface area contributed by atoms with Gasteiger partial charge in [-0.1, -0.05) is 20.3 Å². The van der Waals surface area contributed by atoms with E-state index >= 15 is 0 Å². The molecule has 0 aliphatic rings. The van der Waals surface area contributed by atoms with Crippen LogP contribution in [0.2, 0.25) is 0 Å². The molecular weight excluding hydrogens is 470 g/mol. The molecule has 194 valence electrons. The van der Waals surface area contributed by atoms with E-state index in [1.807, 2.05) is 0 Å². The molecular formula is C20H35N5O8S. The van der Waals surface area contributed by atoms with Gasteiger partial charge in [0.15, 0.2) is 0 Å². The number of carboxylic acid groups (broad SMARTS) is 2. The van der Waals surface area contributed by atoms with E-state index in [-0.39, 0.29) is 19.3 Å². The molecule has 0 aromatic heterocycles. The molecule has 34 heavy (non-hydrogen) atoms. The summed E-state index contributed by atoms with van der Waals surface area (Å²) >= 11 is 1.39. The van der Waals surface area contributed by atoms with Gasteiger partial charge in [0.25, 0.3) is 0 Å². The molecule has 0 heterocycles. The van der Waals surface area contributed by atoms with Gasteiger partial charge >= 0.3 is 11.9 Å². The van der Waals surface area contributed by atoms with Crippen LogP contribution in [0.25, 0.3) is 0 Å². The van der Waals surface area contributed by atoms with Crippen molar-refractivity contribution in [1.82, 2.24) is 16.0 Å². The number of aliphatic carboxylic acids is 2. The van der Waals surface area contributed by atoms with Crippen molar-refractivity contribution in [1.29, 1.82) is 0 Å². The summed E-state index contributed by atoms with van der Waals surface area (Å²) in [5, 5.41) is 25.4. The van der Waals surface area contributed by atoms with Crippen molar-refractivity contribution in [3.63, 3.8) is 0 Å². The topological polar surface area (TPSA) is 231 Å². The first-order valence-electron chi connectivity index (χ1n) is 10.7. The zero-order chi connectivity index (χ0) is 26.4. The molecule has 0 aromatic rings. The van der Waals surface area contributed by atoms with E-state index in [1.165, 1.54) is 11.8 Å². The lowest BCUT2D eigenvalue weighted by Crippen LogP contribution is -2.58. The third kappa shape index (κ3) is 11.8. The van der Waals surface area contributed by atoms with Crippen LogP contribution >= 0.6 is 11.8 Å². The maximum Gasteiger partial charge on any atom is 0.326 e. The van der Waals surface area contributed by atoms with Gasteiger partial charge in [0.1, 0.15) is 18.1 Å². The molecule has 0 spiro atoms. The lowest BCUT2D eigenvalue weighted by Gasteiger charge is -2.26. The monoisotopic (exact) mass is 505 g/mol. The predicted octanol–water partition coefficient (Wildman–Crippen LogP) is -1.61. The first kappa shape index (κ1) is 31.1. The van der Waals surface area contributed by atoms with E-state index in [0.29, 0.717) is 12.2 Å². The highest BCUT2D eigenvalue weighted by Crippen LogP contribution is 2.10. The molecule has 0 saturated carbocycles. The van der Waals surface area contributed by atoms with Crippen LogP contribution in [0.5, 0.6) is 0 Å². The highest BCUT2D eigenvalue weighted by atomic mass is 32.2. The standard InChI is InChI=1S/C20H35N5O8S/c1-4-10(2)16(20(32)33)25-19(31)12(5-6-14(22)26)24-18(30)13(7-8-34-3)23-17(29)11(21)9-15(27)28/h10-13,16H,4-9,21H2,1-3H3,(H2,22,26)(H,23,29)(H,24,30)(H,25,31)(H,27,28)(H,32,33). The van der Waals surface area contributed by atoms with Crippen LogP contribution in [-0.2, 0) is 28.8 Å². The third-order valence-electron chi connectivity index (χ3n) is 5.06. The van der Waals surface area contributed by atoms with E-state index in [2.05, 4.69) is 16.0 Å². The van der Waals surface area contributed by atoms with E-state index < -0.39 is 72.1 Å². The minimum absolute atomic E-state index is 0.146. The number of thioether (sulfide) groups is 1. The number of nitrogens with two attached hydrogens (primary N) is 2. The number of rotatable bonds is 17. The number of hydrogen-bond donors (Lipinski definition) is 7. The second-order valence-corrected chi connectivity index (χ2v) is 8.81. The molecule has 5 atom stereocenters. The van der Waals surface area contributed by atoms with Gasteiger partial charge in [0, 0.05) is 6.42 Å². The van der Waals surface area contributed by atoms with Gasteiger partial charge in [0.2, 0.25) is 23.6 Å².